The van der Waals surface area contributed by atoms with Gasteiger partial charge in [0.1, 0.15) is 5.69 Å². The first-order valence-electron chi connectivity index (χ1n) is 10.8. The summed E-state index contributed by atoms with van der Waals surface area (Å²) >= 11 is 0. The molecule has 0 saturated carbocycles. The summed E-state index contributed by atoms with van der Waals surface area (Å²) in [4.78, 5) is 9.74. The SMILES string of the molecule is COCCCOc1cc2c(nc1OC)/C(=N/Cc1ccccc1)CC(C(C)(C)C)CO2. The van der Waals surface area contributed by atoms with E-state index in [9.17, 15) is 0 Å². The van der Waals surface area contributed by atoms with Crippen LogP contribution in [-0.4, -0.2) is 44.7 Å². The predicted octanol–water partition coefficient (Wildman–Crippen LogP) is 4.94. The third-order valence-corrected chi connectivity index (χ3v) is 5.54. The van der Waals surface area contributed by atoms with E-state index in [1.807, 2.05) is 24.3 Å². The van der Waals surface area contributed by atoms with Gasteiger partial charge >= 0.3 is 0 Å². The van der Waals surface area contributed by atoms with Crippen molar-refractivity contribution in [2.75, 3.05) is 34.0 Å². The number of rotatable bonds is 8. The second-order valence-corrected chi connectivity index (χ2v) is 8.86. The van der Waals surface area contributed by atoms with Crippen LogP contribution in [0.1, 0.15) is 44.9 Å². The highest BCUT2D eigenvalue weighted by Gasteiger charge is 2.32. The van der Waals surface area contributed by atoms with Crippen molar-refractivity contribution in [3.8, 4) is 17.4 Å². The van der Waals surface area contributed by atoms with Gasteiger partial charge in [-0.05, 0) is 17.4 Å². The molecule has 6 nitrogen and oxygen atoms in total. The summed E-state index contributed by atoms with van der Waals surface area (Å²) in [6.07, 6.45) is 1.58. The fraction of sp³-hybridized carbons (Fsp3) is 0.520. The normalized spacial score (nSPS) is 17.6. The Bertz CT molecular complexity index is 875. The summed E-state index contributed by atoms with van der Waals surface area (Å²) in [5.41, 5.74) is 2.93. The Balaban J connectivity index is 1.94. The minimum Gasteiger partial charge on any atom is -0.491 e. The van der Waals surface area contributed by atoms with Gasteiger partial charge in [-0.2, -0.15) is 0 Å². The Morgan fingerprint density at radius 2 is 1.90 bits per heavy atom. The van der Waals surface area contributed by atoms with Gasteiger partial charge in [0, 0.05) is 32.1 Å². The van der Waals surface area contributed by atoms with Crippen molar-refractivity contribution in [3.05, 3.63) is 47.7 Å². The van der Waals surface area contributed by atoms with Crippen LogP contribution in [-0.2, 0) is 11.3 Å². The Labute approximate surface area is 185 Å². The molecule has 1 aromatic carbocycles. The van der Waals surface area contributed by atoms with Gasteiger partial charge in [0.15, 0.2) is 11.5 Å². The van der Waals surface area contributed by atoms with Crippen LogP contribution in [0.15, 0.2) is 41.4 Å². The number of hydrogen-bond acceptors (Lipinski definition) is 6. The molecule has 0 aliphatic carbocycles. The molecule has 1 aromatic heterocycles. The fourth-order valence-electron chi connectivity index (χ4n) is 3.46. The molecule has 0 spiro atoms. The van der Waals surface area contributed by atoms with Gasteiger partial charge in [-0.3, -0.25) is 4.99 Å². The maximum absolute atomic E-state index is 6.23. The highest BCUT2D eigenvalue weighted by molar-refractivity contribution is 6.02. The number of aromatic nitrogens is 1. The molecular weight excluding hydrogens is 392 g/mol. The summed E-state index contributed by atoms with van der Waals surface area (Å²) < 4.78 is 22.8. The first-order chi connectivity index (χ1) is 14.9. The van der Waals surface area contributed by atoms with E-state index in [1.165, 1.54) is 5.56 Å². The van der Waals surface area contributed by atoms with Gasteiger partial charge < -0.3 is 18.9 Å². The maximum Gasteiger partial charge on any atom is 0.257 e. The predicted molar refractivity (Wildman–Crippen MR) is 123 cm³/mol. The Hall–Kier alpha value is -2.60. The fourth-order valence-corrected chi connectivity index (χ4v) is 3.46. The lowest BCUT2D eigenvalue weighted by molar-refractivity contribution is 0.154. The molecule has 0 radical (unpaired) electrons. The minimum absolute atomic E-state index is 0.0825. The van der Waals surface area contributed by atoms with Gasteiger partial charge in [0.2, 0.25) is 0 Å². The van der Waals surface area contributed by atoms with E-state index < -0.39 is 0 Å². The van der Waals surface area contributed by atoms with Crippen molar-refractivity contribution in [1.82, 2.24) is 4.98 Å². The van der Waals surface area contributed by atoms with Crippen LogP contribution in [0.3, 0.4) is 0 Å². The molecule has 6 heteroatoms. The molecule has 0 N–H and O–H groups in total. The van der Waals surface area contributed by atoms with Gasteiger partial charge in [-0.1, -0.05) is 51.1 Å². The number of pyridine rings is 1. The van der Waals surface area contributed by atoms with Crippen LogP contribution in [0.4, 0.5) is 0 Å². The molecule has 2 aromatic rings. The Kier molecular flexibility index (Phi) is 7.91. The number of nitrogens with zero attached hydrogens (tertiary/aromatic N) is 2. The summed E-state index contributed by atoms with van der Waals surface area (Å²) in [7, 11) is 3.29. The first kappa shape index (κ1) is 23.1. The minimum atomic E-state index is 0.0825. The topological polar surface area (TPSA) is 62.2 Å². The first-order valence-corrected chi connectivity index (χ1v) is 10.8. The molecule has 0 amide bonds. The average Bonchev–Trinajstić information content (AvgIpc) is 2.94. The molecule has 0 saturated heterocycles. The Morgan fingerprint density at radius 1 is 1.13 bits per heavy atom. The monoisotopic (exact) mass is 426 g/mol. The van der Waals surface area contributed by atoms with Crippen molar-refractivity contribution in [2.45, 2.75) is 40.2 Å². The molecule has 0 fully saturated rings. The number of methoxy groups -OCH3 is 2. The van der Waals surface area contributed by atoms with Crippen LogP contribution < -0.4 is 14.2 Å². The maximum atomic E-state index is 6.23. The van der Waals surface area contributed by atoms with Gasteiger partial charge in [0.25, 0.3) is 5.88 Å². The van der Waals surface area contributed by atoms with E-state index >= 15 is 0 Å². The highest BCUT2D eigenvalue weighted by Crippen LogP contribution is 2.39. The molecule has 168 valence electrons. The molecule has 0 bridgehead atoms. The van der Waals surface area contributed by atoms with Crippen molar-refractivity contribution in [3.63, 3.8) is 0 Å². The summed E-state index contributed by atoms with van der Waals surface area (Å²) in [5.74, 6) is 2.03. The number of ether oxygens (including phenoxy) is 4. The quantitative estimate of drug-likeness (QED) is 0.560. The molecule has 31 heavy (non-hydrogen) atoms. The molecule has 3 rings (SSSR count). The smallest absolute Gasteiger partial charge is 0.257 e. The molecule has 2 heterocycles. The third kappa shape index (κ3) is 6.20. The molecule has 1 aliphatic rings. The largest absolute Gasteiger partial charge is 0.491 e. The van der Waals surface area contributed by atoms with E-state index in [4.69, 9.17) is 28.9 Å². The van der Waals surface area contributed by atoms with Crippen LogP contribution >= 0.6 is 0 Å². The van der Waals surface area contributed by atoms with Crippen LogP contribution in [0, 0.1) is 11.3 Å². The zero-order valence-corrected chi connectivity index (χ0v) is 19.3. The van der Waals surface area contributed by atoms with Crippen molar-refractivity contribution < 1.29 is 18.9 Å². The zero-order valence-electron chi connectivity index (χ0n) is 19.3. The standard InChI is InChI=1S/C25H34N2O4/c1-25(2,3)19-14-20(26-16-18-10-7-6-8-11-18)23-21(31-17-19)15-22(24(27-23)29-5)30-13-9-12-28-4/h6-8,10-11,15,19H,9,12-14,16-17H2,1-5H3/b26-20+. The number of fused-ring (bicyclic) bond motifs is 1. The lowest BCUT2D eigenvalue weighted by Gasteiger charge is -2.29. The molecule has 1 atom stereocenters. The van der Waals surface area contributed by atoms with E-state index in [-0.39, 0.29) is 5.41 Å². The van der Waals surface area contributed by atoms with E-state index in [2.05, 4.69) is 32.9 Å². The van der Waals surface area contributed by atoms with E-state index in [0.717, 1.165) is 24.2 Å². The summed E-state index contributed by atoms with van der Waals surface area (Å²) in [6.45, 7) is 9.09. The lowest BCUT2D eigenvalue weighted by atomic mass is 9.78. The van der Waals surface area contributed by atoms with Crippen LogP contribution in [0.5, 0.6) is 17.4 Å². The number of hydrogen-bond donors (Lipinski definition) is 0. The van der Waals surface area contributed by atoms with Gasteiger partial charge in [0.05, 0.1) is 32.6 Å². The van der Waals surface area contributed by atoms with Gasteiger partial charge in [-0.25, -0.2) is 4.98 Å². The van der Waals surface area contributed by atoms with Crippen LogP contribution in [0.2, 0.25) is 0 Å². The van der Waals surface area contributed by atoms with Crippen molar-refractivity contribution in [1.29, 1.82) is 0 Å². The number of aliphatic imine (C=N–C) groups is 1. The molecule has 1 unspecified atom stereocenters. The summed E-state index contributed by atoms with van der Waals surface area (Å²) in [6, 6.07) is 12.1. The highest BCUT2D eigenvalue weighted by atomic mass is 16.5. The van der Waals surface area contributed by atoms with E-state index in [0.29, 0.717) is 49.7 Å². The van der Waals surface area contributed by atoms with Crippen molar-refractivity contribution >= 4 is 5.71 Å². The van der Waals surface area contributed by atoms with Crippen molar-refractivity contribution in [2.24, 2.45) is 16.3 Å². The second kappa shape index (κ2) is 10.6. The van der Waals surface area contributed by atoms with Crippen LogP contribution in [0.25, 0.3) is 0 Å². The molecule has 1 aliphatic heterocycles. The number of benzene rings is 1. The molecular formula is C25H34N2O4. The third-order valence-electron chi connectivity index (χ3n) is 5.54. The van der Waals surface area contributed by atoms with Gasteiger partial charge in [-0.15, -0.1) is 0 Å². The second-order valence-electron chi connectivity index (χ2n) is 8.86. The zero-order chi connectivity index (χ0) is 22.3. The summed E-state index contributed by atoms with van der Waals surface area (Å²) in [5, 5.41) is 0. The lowest BCUT2D eigenvalue weighted by Crippen LogP contribution is -2.27. The Morgan fingerprint density at radius 3 is 2.58 bits per heavy atom. The average molecular weight is 427 g/mol. The van der Waals surface area contributed by atoms with E-state index in [1.54, 1.807) is 14.2 Å².